The Labute approximate surface area is 176 Å². The number of pyridine rings is 1. The van der Waals surface area contributed by atoms with E-state index in [0.29, 0.717) is 18.5 Å². The van der Waals surface area contributed by atoms with E-state index in [1.54, 1.807) is 12.4 Å². The molecule has 2 amide bonds. The number of aromatic nitrogens is 1. The van der Waals surface area contributed by atoms with Gasteiger partial charge in [0, 0.05) is 43.2 Å². The Bertz CT molecular complexity index is 1090. The zero-order valence-corrected chi connectivity index (χ0v) is 17.3. The van der Waals surface area contributed by atoms with Crippen LogP contribution in [0.2, 0.25) is 0 Å². The smallest absolute Gasteiger partial charge is 0.251 e. The summed E-state index contributed by atoms with van der Waals surface area (Å²) in [4.78, 5) is 30.6. The van der Waals surface area contributed by atoms with Crippen molar-refractivity contribution in [2.75, 3.05) is 11.4 Å². The molecule has 4 rings (SSSR count). The summed E-state index contributed by atoms with van der Waals surface area (Å²) in [7, 11) is 0. The third kappa shape index (κ3) is 4.10. The maximum atomic E-state index is 12.5. The van der Waals surface area contributed by atoms with Gasteiger partial charge in [-0.3, -0.25) is 14.6 Å². The zero-order valence-electron chi connectivity index (χ0n) is 17.3. The number of nitrogens with one attached hydrogen (secondary N) is 1. The van der Waals surface area contributed by atoms with E-state index in [9.17, 15) is 9.59 Å². The van der Waals surface area contributed by atoms with Crippen LogP contribution >= 0.6 is 0 Å². The molecule has 0 unspecified atom stereocenters. The quantitative estimate of drug-likeness (QED) is 0.696. The molecule has 5 nitrogen and oxygen atoms in total. The third-order valence-electron chi connectivity index (χ3n) is 5.44. The van der Waals surface area contributed by atoms with Crippen LogP contribution in [0.5, 0.6) is 0 Å². The lowest BCUT2D eigenvalue weighted by atomic mass is 10.0. The number of hydrogen-bond acceptors (Lipinski definition) is 3. The van der Waals surface area contributed by atoms with Crippen molar-refractivity contribution in [2.45, 2.75) is 33.2 Å². The van der Waals surface area contributed by atoms with Gasteiger partial charge in [-0.15, -0.1) is 0 Å². The van der Waals surface area contributed by atoms with E-state index in [2.05, 4.69) is 16.4 Å². The van der Waals surface area contributed by atoms with Crippen LogP contribution in [0.4, 0.5) is 5.69 Å². The van der Waals surface area contributed by atoms with Crippen LogP contribution in [0.1, 0.15) is 40.4 Å². The molecular formula is C25H25N3O2. The number of anilines is 1. The molecule has 2 heterocycles. The highest BCUT2D eigenvalue weighted by atomic mass is 16.2. The van der Waals surface area contributed by atoms with E-state index in [0.717, 1.165) is 40.9 Å². The lowest BCUT2D eigenvalue weighted by Gasteiger charge is -2.16. The molecule has 0 aliphatic carbocycles. The van der Waals surface area contributed by atoms with Gasteiger partial charge in [-0.05, 0) is 65.4 Å². The van der Waals surface area contributed by atoms with E-state index < -0.39 is 0 Å². The Morgan fingerprint density at radius 1 is 1.03 bits per heavy atom. The van der Waals surface area contributed by atoms with E-state index >= 15 is 0 Å². The van der Waals surface area contributed by atoms with Crippen molar-refractivity contribution < 1.29 is 9.59 Å². The SMILES string of the molecule is CCC(=O)N1CCc2cc(-c3ccc(C(=O)NCc4cncc(C)c4)cc3)ccc21. The van der Waals surface area contributed by atoms with Crippen molar-refractivity contribution in [3.05, 3.63) is 83.2 Å². The first-order chi connectivity index (χ1) is 14.5. The number of amides is 2. The van der Waals surface area contributed by atoms with Gasteiger partial charge in [0.15, 0.2) is 0 Å². The van der Waals surface area contributed by atoms with E-state index in [1.807, 2.05) is 61.2 Å². The monoisotopic (exact) mass is 399 g/mol. The van der Waals surface area contributed by atoms with Crippen molar-refractivity contribution in [3.8, 4) is 11.1 Å². The largest absolute Gasteiger partial charge is 0.348 e. The molecule has 0 radical (unpaired) electrons. The fourth-order valence-electron chi connectivity index (χ4n) is 3.84. The molecule has 1 N–H and O–H groups in total. The third-order valence-corrected chi connectivity index (χ3v) is 5.44. The minimum Gasteiger partial charge on any atom is -0.348 e. The average molecular weight is 399 g/mol. The number of carbonyl (C=O) groups excluding carboxylic acids is 2. The van der Waals surface area contributed by atoms with Crippen LogP contribution in [0.15, 0.2) is 60.9 Å². The summed E-state index contributed by atoms with van der Waals surface area (Å²) in [6, 6.07) is 15.9. The molecule has 0 fully saturated rings. The van der Waals surface area contributed by atoms with Crippen molar-refractivity contribution >= 4 is 17.5 Å². The number of fused-ring (bicyclic) bond motifs is 1. The second-order valence-corrected chi connectivity index (χ2v) is 7.62. The first-order valence-electron chi connectivity index (χ1n) is 10.3. The summed E-state index contributed by atoms with van der Waals surface area (Å²) in [5.41, 5.74) is 7.04. The molecule has 0 bridgehead atoms. The molecule has 1 aliphatic heterocycles. The second kappa shape index (κ2) is 8.49. The second-order valence-electron chi connectivity index (χ2n) is 7.62. The first-order valence-corrected chi connectivity index (χ1v) is 10.3. The van der Waals surface area contributed by atoms with Crippen LogP contribution in [0.3, 0.4) is 0 Å². The normalized spacial score (nSPS) is 12.5. The molecule has 0 saturated carbocycles. The predicted molar refractivity (Wildman–Crippen MR) is 118 cm³/mol. The standard InChI is InChI=1S/C25H25N3O2/c1-3-24(29)28-11-10-22-13-21(8-9-23(22)28)19-4-6-20(7-5-19)25(30)27-16-18-12-17(2)14-26-15-18/h4-9,12-15H,3,10-11,16H2,1-2H3,(H,27,30). The van der Waals surface area contributed by atoms with Gasteiger partial charge in [-0.2, -0.15) is 0 Å². The van der Waals surface area contributed by atoms with Gasteiger partial charge in [0.05, 0.1) is 0 Å². The van der Waals surface area contributed by atoms with Gasteiger partial charge in [0.25, 0.3) is 5.91 Å². The van der Waals surface area contributed by atoms with Gasteiger partial charge in [-0.1, -0.05) is 31.2 Å². The zero-order chi connectivity index (χ0) is 21.1. The Hall–Kier alpha value is -3.47. The summed E-state index contributed by atoms with van der Waals surface area (Å²) < 4.78 is 0. The van der Waals surface area contributed by atoms with Gasteiger partial charge in [-0.25, -0.2) is 0 Å². The van der Waals surface area contributed by atoms with Gasteiger partial charge >= 0.3 is 0 Å². The summed E-state index contributed by atoms with van der Waals surface area (Å²) >= 11 is 0. The molecule has 3 aromatic rings. The Balaban J connectivity index is 1.45. The molecule has 152 valence electrons. The number of carbonyl (C=O) groups is 2. The lowest BCUT2D eigenvalue weighted by Crippen LogP contribution is -2.27. The summed E-state index contributed by atoms with van der Waals surface area (Å²) in [5.74, 6) is 0.0593. The highest BCUT2D eigenvalue weighted by molar-refractivity contribution is 5.96. The van der Waals surface area contributed by atoms with Crippen molar-refractivity contribution in [1.82, 2.24) is 10.3 Å². The number of benzene rings is 2. The first kappa shape index (κ1) is 19.8. The Kier molecular flexibility index (Phi) is 5.61. The highest BCUT2D eigenvalue weighted by Gasteiger charge is 2.23. The van der Waals surface area contributed by atoms with Gasteiger partial charge < -0.3 is 10.2 Å². The van der Waals surface area contributed by atoms with E-state index in [-0.39, 0.29) is 11.8 Å². The average Bonchev–Trinajstić information content (AvgIpc) is 3.20. The summed E-state index contributed by atoms with van der Waals surface area (Å²) in [5, 5.41) is 2.94. The molecule has 1 aliphatic rings. The summed E-state index contributed by atoms with van der Waals surface area (Å²) in [6.07, 6.45) is 4.95. The molecule has 0 saturated heterocycles. The van der Waals surface area contributed by atoms with Crippen LogP contribution in [0, 0.1) is 6.92 Å². The van der Waals surface area contributed by atoms with Crippen molar-refractivity contribution in [3.63, 3.8) is 0 Å². The maximum Gasteiger partial charge on any atom is 0.251 e. The van der Waals surface area contributed by atoms with Gasteiger partial charge in [0.2, 0.25) is 5.91 Å². The van der Waals surface area contributed by atoms with Crippen LogP contribution < -0.4 is 10.2 Å². The molecule has 2 aromatic carbocycles. The lowest BCUT2D eigenvalue weighted by molar-refractivity contribution is -0.118. The highest BCUT2D eigenvalue weighted by Crippen LogP contribution is 2.32. The molecule has 0 spiro atoms. The molecule has 30 heavy (non-hydrogen) atoms. The predicted octanol–water partition coefficient (Wildman–Crippen LogP) is 4.29. The number of nitrogens with zero attached hydrogens (tertiary/aromatic N) is 2. The number of hydrogen-bond donors (Lipinski definition) is 1. The fourth-order valence-corrected chi connectivity index (χ4v) is 3.84. The molecular weight excluding hydrogens is 374 g/mol. The summed E-state index contributed by atoms with van der Waals surface area (Å²) in [6.45, 7) is 5.08. The molecule has 1 aromatic heterocycles. The topological polar surface area (TPSA) is 62.3 Å². The van der Waals surface area contributed by atoms with Crippen molar-refractivity contribution in [2.24, 2.45) is 0 Å². The van der Waals surface area contributed by atoms with E-state index in [1.165, 1.54) is 5.56 Å². The van der Waals surface area contributed by atoms with Gasteiger partial charge in [0.1, 0.15) is 0 Å². The van der Waals surface area contributed by atoms with E-state index in [4.69, 9.17) is 0 Å². The molecule has 5 heteroatoms. The maximum absolute atomic E-state index is 12.5. The van der Waals surface area contributed by atoms with Crippen LogP contribution in [-0.4, -0.2) is 23.3 Å². The van der Waals surface area contributed by atoms with Crippen LogP contribution in [0.25, 0.3) is 11.1 Å². The Morgan fingerprint density at radius 2 is 1.80 bits per heavy atom. The van der Waals surface area contributed by atoms with Crippen LogP contribution in [-0.2, 0) is 17.8 Å². The fraction of sp³-hybridized carbons (Fsp3) is 0.240. The number of rotatable bonds is 5. The minimum absolute atomic E-state index is 0.106. The number of aryl methyl sites for hydroxylation is 1. The molecule has 0 atom stereocenters. The van der Waals surface area contributed by atoms with Crippen molar-refractivity contribution in [1.29, 1.82) is 0 Å². The minimum atomic E-state index is -0.106. The Morgan fingerprint density at radius 3 is 2.53 bits per heavy atom.